The maximum atomic E-state index is 12.6. The van der Waals surface area contributed by atoms with Gasteiger partial charge in [0.2, 0.25) is 0 Å². The number of carbonyl (C=O) groups is 1. The smallest absolute Gasteiger partial charge is 0.255 e. The average molecular weight is 314 g/mol. The van der Waals surface area contributed by atoms with E-state index in [1.165, 1.54) is 0 Å². The van der Waals surface area contributed by atoms with E-state index in [1.54, 1.807) is 22.9 Å². The second kappa shape index (κ2) is 6.94. The molecule has 0 aliphatic carbocycles. The Hall–Kier alpha value is -1.85. The van der Waals surface area contributed by atoms with Gasteiger partial charge in [-0.25, -0.2) is 4.98 Å². The second-order valence-corrected chi connectivity index (χ2v) is 6.19. The maximum Gasteiger partial charge on any atom is 0.255 e. The number of aromatic nitrogens is 1. The van der Waals surface area contributed by atoms with Gasteiger partial charge in [-0.2, -0.15) is 0 Å². The molecule has 0 unspecified atom stereocenters. The monoisotopic (exact) mass is 314 g/mol. The number of rotatable bonds is 4. The summed E-state index contributed by atoms with van der Waals surface area (Å²) in [5, 5.41) is 0.914. The summed E-state index contributed by atoms with van der Waals surface area (Å²) in [7, 11) is 0. The van der Waals surface area contributed by atoms with E-state index >= 15 is 0 Å². The van der Waals surface area contributed by atoms with Gasteiger partial charge in [0.05, 0.1) is 12.3 Å². The van der Waals surface area contributed by atoms with Gasteiger partial charge in [-0.15, -0.1) is 11.8 Å². The van der Waals surface area contributed by atoms with E-state index in [9.17, 15) is 4.79 Å². The van der Waals surface area contributed by atoms with Crippen LogP contribution in [0.25, 0.3) is 0 Å². The molecule has 1 aliphatic heterocycles. The van der Waals surface area contributed by atoms with Crippen LogP contribution in [-0.4, -0.2) is 29.3 Å². The van der Waals surface area contributed by atoms with Crippen molar-refractivity contribution in [1.29, 1.82) is 0 Å². The minimum Gasteiger partial charge on any atom is -0.364 e. The molecular formula is C17H18N2O2S. The zero-order chi connectivity index (χ0) is 15.4. The molecule has 2 aromatic rings. The van der Waals surface area contributed by atoms with Crippen LogP contribution in [0.5, 0.6) is 0 Å². The Balaban J connectivity index is 1.66. The fourth-order valence-corrected chi connectivity index (χ4v) is 3.30. The first-order valence-corrected chi connectivity index (χ1v) is 8.29. The van der Waals surface area contributed by atoms with E-state index in [1.807, 2.05) is 49.4 Å². The summed E-state index contributed by atoms with van der Waals surface area (Å²) in [6.07, 6.45) is 1.28. The van der Waals surface area contributed by atoms with Crippen LogP contribution in [-0.2, 0) is 16.1 Å². The lowest BCUT2D eigenvalue weighted by Gasteiger charge is -2.30. The molecule has 1 amide bonds. The number of pyridine rings is 1. The molecule has 0 N–H and O–H groups in total. The fourth-order valence-electron chi connectivity index (χ4n) is 2.37. The number of amides is 1. The van der Waals surface area contributed by atoms with Crippen molar-refractivity contribution < 1.29 is 9.53 Å². The molecule has 22 heavy (non-hydrogen) atoms. The lowest BCUT2D eigenvalue weighted by Crippen LogP contribution is -2.42. The zero-order valence-corrected chi connectivity index (χ0v) is 13.3. The highest BCUT2D eigenvalue weighted by Crippen LogP contribution is 2.32. The number of benzene rings is 1. The van der Waals surface area contributed by atoms with Crippen LogP contribution in [0.15, 0.2) is 53.7 Å². The summed E-state index contributed by atoms with van der Waals surface area (Å²) < 4.78 is 5.74. The number of thioether (sulfide) groups is 1. The van der Waals surface area contributed by atoms with Crippen molar-refractivity contribution >= 4 is 23.4 Å². The fraction of sp³-hybridized carbons (Fsp3) is 0.294. The first-order chi connectivity index (χ1) is 10.8. The molecule has 0 spiro atoms. The quantitative estimate of drug-likeness (QED) is 0.869. The molecule has 0 saturated heterocycles. The molecule has 1 atom stereocenters. The maximum absolute atomic E-state index is 12.6. The van der Waals surface area contributed by atoms with Gasteiger partial charge < -0.3 is 9.64 Å². The van der Waals surface area contributed by atoms with Gasteiger partial charge in [0.1, 0.15) is 11.1 Å². The first kappa shape index (κ1) is 15.1. The van der Waals surface area contributed by atoms with Crippen molar-refractivity contribution in [2.45, 2.75) is 24.7 Å². The standard InChI is InChI=1S/C17H18N2O2S/c1-13(21-12-14-6-3-2-4-7-14)17(20)19-10-11-22-16-15(19)8-5-9-18-16/h2-9,13H,10-12H2,1H3/t13-/m0/s1. The third-order valence-electron chi connectivity index (χ3n) is 3.55. The number of anilines is 1. The van der Waals surface area contributed by atoms with Gasteiger partial charge in [0, 0.05) is 18.5 Å². The molecule has 1 aromatic heterocycles. The number of hydrogen-bond donors (Lipinski definition) is 0. The Morgan fingerprint density at radius 3 is 2.95 bits per heavy atom. The molecule has 114 valence electrons. The minimum atomic E-state index is -0.476. The lowest BCUT2D eigenvalue weighted by molar-refractivity contribution is -0.129. The van der Waals surface area contributed by atoms with E-state index in [0.717, 1.165) is 22.0 Å². The van der Waals surface area contributed by atoms with Crippen LogP contribution >= 0.6 is 11.8 Å². The van der Waals surface area contributed by atoms with Gasteiger partial charge in [0.15, 0.2) is 0 Å². The Morgan fingerprint density at radius 2 is 2.14 bits per heavy atom. The predicted molar refractivity (Wildman–Crippen MR) is 88.0 cm³/mol. The molecule has 4 nitrogen and oxygen atoms in total. The number of fused-ring (bicyclic) bond motifs is 1. The Labute approximate surface area is 134 Å². The van der Waals surface area contributed by atoms with E-state index in [0.29, 0.717) is 13.2 Å². The van der Waals surface area contributed by atoms with Crippen LogP contribution in [0.2, 0.25) is 0 Å². The normalized spacial score (nSPS) is 15.2. The molecule has 0 radical (unpaired) electrons. The van der Waals surface area contributed by atoms with E-state index in [2.05, 4.69) is 4.98 Å². The highest BCUT2D eigenvalue weighted by Gasteiger charge is 2.27. The highest BCUT2D eigenvalue weighted by molar-refractivity contribution is 7.99. The van der Waals surface area contributed by atoms with Crippen LogP contribution in [0.1, 0.15) is 12.5 Å². The van der Waals surface area contributed by atoms with Crippen LogP contribution < -0.4 is 4.90 Å². The largest absolute Gasteiger partial charge is 0.364 e. The van der Waals surface area contributed by atoms with Crippen LogP contribution in [0.4, 0.5) is 5.69 Å². The van der Waals surface area contributed by atoms with Crippen LogP contribution in [0.3, 0.4) is 0 Å². The number of hydrogen-bond acceptors (Lipinski definition) is 4. The zero-order valence-electron chi connectivity index (χ0n) is 12.4. The summed E-state index contributed by atoms with van der Waals surface area (Å²) in [4.78, 5) is 18.8. The van der Waals surface area contributed by atoms with Crippen LogP contribution in [0, 0.1) is 0 Å². The molecule has 0 saturated carbocycles. The second-order valence-electron chi connectivity index (χ2n) is 5.10. The average Bonchev–Trinajstić information content (AvgIpc) is 2.59. The number of nitrogens with zero attached hydrogens (tertiary/aromatic N) is 2. The highest BCUT2D eigenvalue weighted by atomic mass is 32.2. The van der Waals surface area contributed by atoms with Gasteiger partial charge >= 0.3 is 0 Å². The summed E-state index contributed by atoms with van der Waals surface area (Å²) in [5.74, 6) is 0.853. The summed E-state index contributed by atoms with van der Waals surface area (Å²) >= 11 is 1.69. The van der Waals surface area contributed by atoms with E-state index in [4.69, 9.17) is 4.74 Å². The van der Waals surface area contributed by atoms with Crippen molar-refractivity contribution in [2.24, 2.45) is 0 Å². The first-order valence-electron chi connectivity index (χ1n) is 7.30. The molecule has 0 fully saturated rings. The Kier molecular flexibility index (Phi) is 4.75. The van der Waals surface area contributed by atoms with Gasteiger partial charge in [0.25, 0.3) is 5.91 Å². The molecule has 1 aliphatic rings. The third-order valence-corrected chi connectivity index (χ3v) is 4.53. The minimum absolute atomic E-state index is 0.00881. The Morgan fingerprint density at radius 1 is 1.32 bits per heavy atom. The summed E-state index contributed by atoms with van der Waals surface area (Å²) in [6.45, 7) is 2.94. The van der Waals surface area contributed by atoms with E-state index in [-0.39, 0.29) is 5.91 Å². The van der Waals surface area contributed by atoms with Gasteiger partial charge in [-0.05, 0) is 24.6 Å². The summed E-state index contributed by atoms with van der Waals surface area (Å²) in [6, 6.07) is 13.7. The molecule has 1 aromatic carbocycles. The van der Waals surface area contributed by atoms with E-state index < -0.39 is 6.10 Å². The van der Waals surface area contributed by atoms with Crippen molar-refractivity contribution in [3.8, 4) is 0 Å². The van der Waals surface area contributed by atoms with Crippen molar-refractivity contribution in [3.63, 3.8) is 0 Å². The SMILES string of the molecule is C[C@H](OCc1ccccc1)C(=O)N1CCSc2ncccc21. The molecule has 0 bridgehead atoms. The predicted octanol–water partition coefficient (Wildman–Crippen LogP) is 3.13. The topological polar surface area (TPSA) is 42.4 Å². The summed E-state index contributed by atoms with van der Waals surface area (Å²) in [5.41, 5.74) is 1.96. The molecule has 2 heterocycles. The molecule has 5 heteroatoms. The lowest BCUT2D eigenvalue weighted by atomic mass is 10.2. The van der Waals surface area contributed by atoms with Crippen molar-refractivity contribution in [2.75, 3.05) is 17.2 Å². The number of ether oxygens (including phenoxy) is 1. The van der Waals surface area contributed by atoms with Gasteiger partial charge in [-0.1, -0.05) is 30.3 Å². The van der Waals surface area contributed by atoms with Gasteiger partial charge in [-0.3, -0.25) is 4.79 Å². The molecule has 3 rings (SSSR count). The Bertz CT molecular complexity index is 648. The molecular weight excluding hydrogens is 296 g/mol. The van der Waals surface area contributed by atoms with Crippen molar-refractivity contribution in [3.05, 3.63) is 54.2 Å². The van der Waals surface area contributed by atoms with Crippen molar-refractivity contribution in [1.82, 2.24) is 4.98 Å². The third kappa shape index (κ3) is 3.31. The number of carbonyl (C=O) groups excluding carboxylic acids is 1.